The summed E-state index contributed by atoms with van der Waals surface area (Å²) in [6.07, 6.45) is 0. The van der Waals surface area contributed by atoms with Gasteiger partial charge in [0.1, 0.15) is 0 Å². The Balaban J connectivity index is 1.97. The quantitative estimate of drug-likeness (QED) is 0.591. The molecule has 0 saturated carbocycles. The molecular weight excluding hydrogens is 346 g/mol. The number of benzene rings is 2. The molecule has 0 aliphatic carbocycles. The van der Waals surface area contributed by atoms with Crippen LogP contribution in [0.15, 0.2) is 59.5 Å². The van der Waals surface area contributed by atoms with E-state index in [-0.39, 0.29) is 36.1 Å². The number of amides is 2. The predicted molar refractivity (Wildman–Crippen MR) is 107 cm³/mol. The predicted octanol–water partition coefficient (Wildman–Crippen LogP) is 3.19. The molecule has 1 unspecified atom stereocenters. The number of nitrogens with one attached hydrogen (secondary N) is 2. The fourth-order valence-electron chi connectivity index (χ4n) is 2.58. The second-order valence-corrected chi connectivity index (χ2v) is 7.32. The van der Waals surface area contributed by atoms with E-state index < -0.39 is 0 Å². The van der Waals surface area contributed by atoms with E-state index in [0.717, 1.165) is 16.1 Å². The van der Waals surface area contributed by atoms with Gasteiger partial charge in [0, 0.05) is 10.6 Å². The summed E-state index contributed by atoms with van der Waals surface area (Å²) in [4.78, 5) is 24.3. The molecule has 0 spiro atoms. The van der Waals surface area contributed by atoms with Gasteiger partial charge < -0.3 is 16.4 Å². The molecule has 0 bridgehead atoms. The van der Waals surface area contributed by atoms with Crippen LogP contribution in [0.3, 0.4) is 0 Å². The third-order valence-corrected chi connectivity index (χ3v) is 4.93. The van der Waals surface area contributed by atoms with E-state index in [2.05, 4.69) is 24.5 Å². The second kappa shape index (κ2) is 9.87. The van der Waals surface area contributed by atoms with E-state index in [1.54, 1.807) is 0 Å². The highest BCUT2D eigenvalue weighted by atomic mass is 32.2. The molecule has 0 aromatic heterocycles. The van der Waals surface area contributed by atoms with Crippen LogP contribution in [0.1, 0.15) is 25.5 Å². The van der Waals surface area contributed by atoms with Gasteiger partial charge in [0.2, 0.25) is 11.8 Å². The number of hydrogen-bond donors (Lipinski definition) is 3. The van der Waals surface area contributed by atoms with Gasteiger partial charge in [-0.3, -0.25) is 9.59 Å². The minimum Gasteiger partial charge on any atom is -0.375 e. The Labute approximate surface area is 158 Å². The van der Waals surface area contributed by atoms with E-state index in [9.17, 15) is 9.59 Å². The molecule has 6 heteroatoms. The molecule has 1 atom stereocenters. The number of primary amides is 1. The first-order valence-corrected chi connectivity index (χ1v) is 9.54. The van der Waals surface area contributed by atoms with Crippen molar-refractivity contribution < 1.29 is 9.59 Å². The SMILES string of the molecule is CC(C)C(NC(=O)CNc1ccccc1SCC(N)=O)c1ccccc1. The van der Waals surface area contributed by atoms with Gasteiger partial charge in [0.05, 0.1) is 18.3 Å². The topological polar surface area (TPSA) is 84.2 Å². The summed E-state index contributed by atoms with van der Waals surface area (Å²) in [6, 6.07) is 17.5. The van der Waals surface area contributed by atoms with Crippen LogP contribution < -0.4 is 16.4 Å². The first-order chi connectivity index (χ1) is 12.5. The van der Waals surface area contributed by atoms with E-state index >= 15 is 0 Å². The van der Waals surface area contributed by atoms with E-state index in [1.165, 1.54) is 11.8 Å². The number of hydrogen-bond acceptors (Lipinski definition) is 4. The maximum absolute atomic E-state index is 12.4. The van der Waals surface area contributed by atoms with Crippen LogP contribution in [0.5, 0.6) is 0 Å². The Kier molecular flexibility index (Phi) is 7.53. The molecule has 26 heavy (non-hydrogen) atoms. The molecule has 0 fully saturated rings. The summed E-state index contributed by atoms with van der Waals surface area (Å²) in [5.41, 5.74) is 7.11. The first-order valence-electron chi connectivity index (χ1n) is 8.55. The van der Waals surface area contributed by atoms with Crippen molar-refractivity contribution in [3.63, 3.8) is 0 Å². The van der Waals surface area contributed by atoms with Gasteiger partial charge in [-0.1, -0.05) is 56.3 Å². The van der Waals surface area contributed by atoms with Gasteiger partial charge in [-0.2, -0.15) is 0 Å². The maximum Gasteiger partial charge on any atom is 0.239 e. The highest BCUT2D eigenvalue weighted by molar-refractivity contribution is 8.00. The fraction of sp³-hybridized carbons (Fsp3) is 0.300. The van der Waals surface area contributed by atoms with Crippen molar-refractivity contribution in [3.05, 3.63) is 60.2 Å². The average Bonchev–Trinajstić information content (AvgIpc) is 2.63. The Bertz CT molecular complexity index is 735. The van der Waals surface area contributed by atoms with Gasteiger partial charge in [0.15, 0.2) is 0 Å². The van der Waals surface area contributed by atoms with E-state index in [0.29, 0.717) is 0 Å². The zero-order valence-electron chi connectivity index (χ0n) is 15.1. The van der Waals surface area contributed by atoms with Gasteiger partial charge >= 0.3 is 0 Å². The number of carbonyl (C=O) groups is 2. The Hall–Kier alpha value is -2.47. The number of thioether (sulfide) groups is 1. The maximum atomic E-state index is 12.4. The lowest BCUT2D eigenvalue weighted by molar-refractivity contribution is -0.120. The molecule has 0 saturated heterocycles. The van der Waals surface area contributed by atoms with Crippen molar-refractivity contribution in [1.29, 1.82) is 0 Å². The first kappa shape index (κ1) is 19.8. The summed E-state index contributed by atoms with van der Waals surface area (Å²) in [5.74, 6) is 0.0288. The van der Waals surface area contributed by atoms with Gasteiger partial charge in [0.25, 0.3) is 0 Å². The standard InChI is InChI=1S/C20H25N3O2S/c1-14(2)20(15-8-4-3-5-9-15)23-19(25)12-22-16-10-6-7-11-17(16)26-13-18(21)24/h3-11,14,20,22H,12-13H2,1-2H3,(H2,21,24)(H,23,25). The van der Waals surface area contributed by atoms with Crippen LogP contribution >= 0.6 is 11.8 Å². The molecule has 0 radical (unpaired) electrons. The number of carbonyl (C=O) groups excluding carboxylic acids is 2. The van der Waals surface area contributed by atoms with Gasteiger partial charge in [-0.05, 0) is 23.6 Å². The monoisotopic (exact) mass is 371 g/mol. The molecule has 2 aromatic rings. The number of nitrogens with two attached hydrogens (primary N) is 1. The van der Waals surface area contributed by atoms with Crippen molar-refractivity contribution >= 4 is 29.3 Å². The lowest BCUT2D eigenvalue weighted by Crippen LogP contribution is -2.35. The van der Waals surface area contributed by atoms with Crippen molar-refractivity contribution in [1.82, 2.24) is 5.32 Å². The zero-order valence-corrected chi connectivity index (χ0v) is 15.9. The minimum absolute atomic E-state index is 0.0371. The van der Waals surface area contributed by atoms with E-state index in [4.69, 9.17) is 5.73 Å². The summed E-state index contributed by atoms with van der Waals surface area (Å²) >= 11 is 1.35. The van der Waals surface area contributed by atoms with Crippen LogP contribution in [0.25, 0.3) is 0 Å². The zero-order chi connectivity index (χ0) is 18.9. The van der Waals surface area contributed by atoms with E-state index in [1.807, 2.05) is 54.6 Å². The van der Waals surface area contributed by atoms with Crippen molar-refractivity contribution in [3.8, 4) is 0 Å². The minimum atomic E-state index is -0.370. The van der Waals surface area contributed by atoms with Crippen molar-refractivity contribution in [2.45, 2.75) is 24.8 Å². The summed E-state index contributed by atoms with van der Waals surface area (Å²) in [7, 11) is 0. The molecule has 138 valence electrons. The highest BCUT2D eigenvalue weighted by Crippen LogP contribution is 2.26. The van der Waals surface area contributed by atoms with Crippen molar-refractivity contribution in [2.75, 3.05) is 17.6 Å². The number of anilines is 1. The molecule has 2 amide bonds. The Morgan fingerprint density at radius 3 is 2.35 bits per heavy atom. The van der Waals surface area contributed by atoms with Crippen LogP contribution in [0.4, 0.5) is 5.69 Å². The van der Waals surface area contributed by atoms with Gasteiger partial charge in [-0.15, -0.1) is 11.8 Å². The van der Waals surface area contributed by atoms with Crippen LogP contribution in [-0.2, 0) is 9.59 Å². The second-order valence-electron chi connectivity index (χ2n) is 6.30. The molecule has 2 rings (SSSR count). The fourth-order valence-corrected chi connectivity index (χ4v) is 3.35. The molecule has 0 heterocycles. The third kappa shape index (κ3) is 6.11. The van der Waals surface area contributed by atoms with Crippen molar-refractivity contribution in [2.24, 2.45) is 11.7 Å². The lowest BCUT2D eigenvalue weighted by atomic mass is 9.96. The smallest absolute Gasteiger partial charge is 0.239 e. The number of rotatable bonds is 9. The van der Waals surface area contributed by atoms with Gasteiger partial charge in [-0.25, -0.2) is 0 Å². The summed E-state index contributed by atoms with van der Waals surface area (Å²) in [6.45, 7) is 4.33. The molecule has 5 nitrogen and oxygen atoms in total. The molecule has 2 aromatic carbocycles. The molecule has 0 aliphatic rings. The summed E-state index contributed by atoms with van der Waals surface area (Å²) < 4.78 is 0. The molecule has 4 N–H and O–H groups in total. The average molecular weight is 372 g/mol. The van der Waals surface area contributed by atoms with Crippen LogP contribution in [0, 0.1) is 5.92 Å². The molecular formula is C20H25N3O2S. The highest BCUT2D eigenvalue weighted by Gasteiger charge is 2.18. The Morgan fingerprint density at radius 2 is 1.69 bits per heavy atom. The van der Waals surface area contributed by atoms with Crippen LogP contribution in [0.2, 0.25) is 0 Å². The largest absolute Gasteiger partial charge is 0.375 e. The normalized spacial score (nSPS) is 11.8. The Morgan fingerprint density at radius 1 is 1.04 bits per heavy atom. The number of para-hydroxylation sites is 1. The third-order valence-electron chi connectivity index (χ3n) is 3.84. The summed E-state index contributed by atoms with van der Waals surface area (Å²) in [5, 5.41) is 6.24. The van der Waals surface area contributed by atoms with Crippen LogP contribution in [-0.4, -0.2) is 24.1 Å². The lowest BCUT2D eigenvalue weighted by Gasteiger charge is -2.23. The molecule has 0 aliphatic heterocycles.